The number of ether oxygens (including phenoxy) is 1. The van der Waals surface area contributed by atoms with Crippen molar-refractivity contribution in [2.24, 2.45) is 5.41 Å². The number of ketones is 1. The summed E-state index contributed by atoms with van der Waals surface area (Å²) in [5.41, 5.74) is -0.809. The standard InChI is InChI=1S/C12H14BrNO3/c1-4-17-11(16)12(2,3)10(15)8-5-9(13)7-14-6-8/h5-7H,4H2,1-3H3. The summed E-state index contributed by atoms with van der Waals surface area (Å²) in [5, 5.41) is 0. The summed E-state index contributed by atoms with van der Waals surface area (Å²) < 4.78 is 5.58. The van der Waals surface area contributed by atoms with Crippen molar-refractivity contribution in [3.05, 3.63) is 28.5 Å². The van der Waals surface area contributed by atoms with Gasteiger partial charge in [0.2, 0.25) is 0 Å². The van der Waals surface area contributed by atoms with Gasteiger partial charge in [-0.2, -0.15) is 0 Å². The van der Waals surface area contributed by atoms with Gasteiger partial charge in [-0.15, -0.1) is 0 Å². The molecule has 0 saturated heterocycles. The fourth-order valence-corrected chi connectivity index (χ4v) is 1.67. The molecule has 4 nitrogen and oxygen atoms in total. The van der Waals surface area contributed by atoms with Crippen molar-refractivity contribution in [1.29, 1.82) is 0 Å². The molecule has 92 valence electrons. The Morgan fingerprint density at radius 2 is 2.06 bits per heavy atom. The molecule has 0 fully saturated rings. The molecule has 1 aromatic heterocycles. The number of hydrogen-bond acceptors (Lipinski definition) is 4. The molecular weight excluding hydrogens is 286 g/mol. The molecule has 5 heteroatoms. The number of rotatable bonds is 4. The fraction of sp³-hybridized carbons (Fsp3) is 0.417. The topological polar surface area (TPSA) is 56.3 Å². The Hall–Kier alpha value is -1.23. The van der Waals surface area contributed by atoms with E-state index in [2.05, 4.69) is 20.9 Å². The van der Waals surface area contributed by atoms with Crippen LogP contribution in [-0.4, -0.2) is 23.3 Å². The van der Waals surface area contributed by atoms with Crippen molar-refractivity contribution in [3.63, 3.8) is 0 Å². The van der Waals surface area contributed by atoms with Gasteiger partial charge < -0.3 is 4.74 Å². The lowest BCUT2D eigenvalue weighted by Crippen LogP contribution is -2.35. The van der Waals surface area contributed by atoms with Gasteiger partial charge in [0.05, 0.1) is 6.61 Å². The SMILES string of the molecule is CCOC(=O)C(C)(C)C(=O)c1cncc(Br)c1. The highest BCUT2D eigenvalue weighted by Crippen LogP contribution is 2.24. The molecule has 0 amide bonds. The van der Waals surface area contributed by atoms with Gasteiger partial charge in [-0.05, 0) is 42.8 Å². The monoisotopic (exact) mass is 299 g/mol. The van der Waals surface area contributed by atoms with E-state index in [0.29, 0.717) is 10.0 Å². The predicted octanol–water partition coefficient (Wildman–Crippen LogP) is 2.62. The highest BCUT2D eigenvalue weighted by Gasteiger charge is 2.38. The van der Waals surface area contributed by atoms with E-state index in [4.69, 9.17) is 4.74 Å². The molecule has 0 atom stereocenters. The summed E-state index contributed by atoms with van der Waals surface area (Å²) >= 11 is 3.23. The number of carbonyl (C=O) groups is 2. The Labute approximate surface area is 109 Å². The molecule has 0 aliphatic carbocycles. The molecule has 0 saturated carbocycles. The average Bonchev–Trinajstić information content (AvgIpc) is 2.28. The number of hydrogen-bond donors (Lipinski definition) is 0. The number of nitrogens with zero attached hydrogens (tertiary/aromatic N) is 1. The summed E-state index contributed by atoms with van der Waals surface area (Å²) in [6, 6.07) is 1.64. The van der Waals surface area contributed by atoms with Crippen molar-refractivity contribution in [2.45, 2.75) is 20.8 Å². The van der Waals surface area contributed by atoms with Crippen molar-refractivity contribution >= 4 is 27.7 Å². The Kier molecular flexibility index (Phi) is 4.40. The van der Waals surface area contributed by atoms with Gasteiger partial charge in [-0.3, -0.25) is 14.6 Å². The second kappa shape index (κ2) is 5.40. The first-order valence-corrected chi connectivity index (χ1v) is 6.01. The first-order valence-electron chi connectivity index (χ1n) is 5.22. The third kappa shape index (κ3) is 3.12. The van der Waals surface area contributed by atoms with E-state index in [1.165, 1.54) is 6.20 Å². The zero-order chi connectivity index (χ0) is 13.1. The minimum absolute atomic E-state index is 0.256. The van der Waals surface area contributed by atoms with Gasteiger partial charge in [-0.25, -0.2) is 0 Å². The number of Topliss-reactive ketones (excluding diaryl/α,β-unsaturated/α-hetero) is 1. The maximum absolute atomic E-state index is 12.2. The molecule has 0 aliphatic heterocycles. The van der Waals surface area contributed by atoms with E-state index in [9.17, 15) is 9.59 Å². The minimum atomic E-state index is -1.20. The molecule has 0 N–H and O–H groups in total. The van der Waals surface area contributed by atoms with Crippen LogP contribution in [0, 0.1) is 5.41 Å². The molecule has 1 aromatic rings. The predicted molar refractivity (Wildman–Crippen MR) is 66.7 cm³/mol. The van der Waals surface area contributed by atoms with Crippen LogP contribution in [0.4, 0.5) is 0 Å². The van der Waals surface area contributed by atoms with Crippen LogP contribution in [0.5, 0.6) is 0 Å². The van der Waals surface area contributed by atoms with Gasteiger partial charge >= 0.3 is 5.97 Å². The smallest absolute Gasteiger partial charge is 0.319 e. The van der Waals surface area contributed by atoms with Crippen molar-refractivity contribution < 1.29 is 14.3 Å². The molecule has 0 radical (unpaired) electrons. The molecule has 0 aromatic carbocycles. The van der Waals surface area contributed by atoms with Crippen LogP contribution >= 0.6 is 15.9 Å². The van der Waals surface area contributed by atoms with E-state index in [1.54, 1.807) is 33.0 Å². The Morgan fingerprint density at radius 1 is 1.41 bits per heavy atom. The molecule has 1 heterocycles. The zero-order valence-electron chi connectivity index (χ0n) is 9.99. The van der Waals surface area contributed by atoms with Gasteiger partial charge in [0, 0.05) is 22.4 Å². The largest absolute Gasteiger partial charge is 0.465 e. The molecular formula is C12H14BrNO3. The lowest BCUT2D eigenvalue weighted by atomic mass is 9.85. The van der Waals surface area contributed by atoms with Crippen LogP contribution in [0.15, 0.2) is 22.9 Å². The van der Waals surface area contributed by atoms with Crippen LogP contribution < -0.4 is 0 Å². The average molecular weight is 300 g/mol. The Morgan fingerprint density at radius 3 is 2.59 bits per heavy atom. The highest BCUT2D eigenvalue weighted by molar-refractivity contribution is 9.10. The summed E-state index contributed by atoms with van der Waals surface area (Å²) in [7, 11) is 0. The lowest BCUT2D eigenvalue weighted by Gasteiger charge is -2.20. The molecule has 0 bridgehead atoms. The summed E-state index contributed by atoms with van der Waals surface area (Å²) in [5.74, 6) is -0.824. The zero-order valence-corrected chi connectivity index (χ0v) is 11.6. The van der Waals surface area contributed by atoms with E-state index >= 15 is 0 Å². The Bertz CT molecular complexity index is 443. The molecule has 0 aliphatic rings. The van der Waals surface area contributed by atoms with Crippen molar-refractivity contribution in [3.8, 4) is 0 Å². The normalized spacial score (nSPS) is 11.1. The maximum Gasteiger partial charge on any atom is 0.319 e. The van der Waals surface area contributed by atoms with Gasteiger partial charge in [-0.1, -0.05) is 0 Å². The molecule has 0 spiro atoms. The quantitative estimate of drug-likeness (QED) is 0.487. The maximum atomic E-state index is 12.2. The van der Waals surface area contributed by atoms with Gasteiger partial charge in [0.15, 0.2) is 5.78 Å². The first-order chi connectivity index (χ1) is 7.89. The number of carbonyl (C=O) groups excluding carboxylic acids is 2. The van der Waals surface area contributed by atoms with E-state index in [0.717, 1.165) is 0 Å². The highest BCUT2D eigenvalue weighted by atomic mass is 79.9. The second-order valence-corrected chi connectivity index (χ2v) is 4.98. The van der Waals surface area contributed by atoms with Crippen molar-refractivity contribution in [2.75, 3.05) is 6.61 Å². The number of aromatic nitrogens is 1. The number of esters is 1. The summed E-state index contributed by atoms with van der Waals surface area (Å²) in [6.07, 6.45) is 3.02. The van der Waals surface area contributed by atoms with E-state index < -0.39 is 11.4 Å². The van der Waals surface area contributed by atoms with Crippen LogP contribution in [-0.2, 0) is 9.53 Å². The van der Waals surface area contributed by atoms with Crippen LogP contribution in [0.1, 0.15) is 31.1 Å². The fourth-order valence-electron chi connectivity index (χ4n) is 1.30. The molecule has 17 heavy (non-hydrogen) atoms. The number of pyridine rings is 1. The summed E-state index contributed by atoms with van der Waals surface area (Å²) in [6.45, 7) is 5.06. The second-order valence-electron chi connectivity index (χ2n) is 4.07. The van der Waals surface area contributed by atoms with Crippen LogP contribution in [0.2, 0.25) is 0 Å². The molecule has 1 rings (SSSR count). The third-order valence-electron chi connectivity index (χ3n) is 2.32. The third-order valence-corrected chi connectivity index (χ3v) is 2.75. The van der Waals surface area contributed by atoms with E-state index in [-0.39, 0.29) is 12.4 Å². The lowest BCUT2D eigenvalue weighted by molar-refractivity contribution is -0.150. The van der Waals surface area contributed by atoms with E-state index in [1.807, 2.05) is 0 Å². The first kappa shape index (κ1) is 13.8. The van der Waals surface area contributed by atoms with Gasteiger partial charge in [0.1, 0.15) is 5.41 Å². The Balaban J connectivity index is 3.00. The van der Waals surface area contributed by atoms with Crippen LogP contribution in [0.3, 0.4) is 0 Å². The van der Waals surface area contributed by atoms with Gasteiger partial charge in [0.25, 0.3) is 0 Å². The molecule has 0 unspecified atom stereocenters. The summed E-state index contributed by atoms with van der Waals surface area (Å²) in [4.78, 5) is 27.8. The minimum Gasteiger partial charge on any atom is -0.465 e. The number of halogens is 1. The van der Waals surface area contributed by atoms with Crippen molar-refractivity contribution in [1.82, 2.24) is 4.98 Å². The van der Waals surface area contributed by atoms with Crippen LogP contribution in [0.25, 0.3) is 0 Å².